The molecule has 0 unspecified atom stereocenters. The summed E-state index contributed by atoms with van der Waals surface area (Å²) in [6, 6.07) is 6.20. The van der Waals surface area contributed by atoms with Crippen LogP contribution in [-0.2, 0) is 10.3 Å². The predicted octanol–water partition coefficient (Wildman–Crippen LogP) is 2.27. The number of hydrogen-bond acceptors (Lipinski definition) is 3. The van der Waals surface area contributed by atoms with Crippen LogP contribution in [0.4, 0.5) is 5.69 Å². The molecule has 1 N–H and O–H groups in total. The van der Waals surface area contributed by atoms with Gasteiger partial charge in [0.25, 0.3) is 0 Å². The minimum absolute atomic E-state index is 0.550. The van der Waals surface area contributed by atoms with Crippen LogP contribution < -0.4 is 4.90 Å². The zero-order valence-corrected chi connectivity index (χ0v) is 11.2. The molecule has 2 fully saturated rings. The average molecular weight is 298 g/mol. The van der Waals surface area contributed by atoms with E-state index in [1.54, 1.807) is 0 Å². The summed E-state index contributed by atoms with van der Waals surface area (Å²) in [7, 11) is 0. The highest BCUT2D eigenvalue weighted by Gasteiger charge is 2.42. The molecule has 2 aliphatic rings. The molecule has 0 spiro atoms. The van der Waals surface area contributed by atoms with Gasteiger partial charge in [-0.05, 0) is 46.5 Å². The van der Waals surface area contributed by atoms with Gasteiger partial charge in [0.05, 0.1) is 24.5 Å². The highest BCUT2D eigenvalue weighted by atomic mass is 79.9. The Kier molecular flexibility index (Phi) is 2.89. The summed E-state index contributed by atoms with van der Waals surface area (Å²) in [5.74, 6) is 0. The fourth-order valence-corrected chi connectivity index (χ4v) is 2.89. The minimum atomic E-state index is -0.550. The van der Waals surface area contributed by atoms with Gasteiger partial charge in [-0.25, -0.2) is 0 Å². The molecule has 1 aliphatic heterocycles. The maximum absolute atomic E-state index is 10.1. The lowest BCUT2D eigenvalue weighted by molar-refractivity contribution is 0.122. The maximum Gasteiger partial charge on any atom is 0.0899 e. The van der Waals surface area contributed by atoms with Crippen molar-refractivity contribution in [3.63, 3.8) is 0 Å². The first kappa shape index (κ1) is 11.5. The molecule has 1 aromatic rings. The quantitative estimate of drug-likeness (QED) is 0.909. The Labute approximate surface area is 110 Å². The molecule has 0 bridgehead atoms. The second kappa shape index (κ2) is 4.26. The summed E-state index contributed by atoms with van der Waals surface area (Å²) >= 11 is 3.61. The molecular weight excluding hydrogens is 282 g/mol. The number of hydrogen-bond donors (Lipinski definition) is 1. The molecule has 92 valence electrons. The number of morpholine rings is 1. The van der Waals surface area contributed by atoms with Crippen molar-refractivity contribution in [2.75, 3.05) is 31.2 Å². The monoisotopic (exact) mass is 297 g/mol. The minimum Gasteiger partial charge on any atom is -0.385 e. The topological polar surface area (TPSA) is 32.7 Å². The van der Waals surface area contributed by atoms with Crippen molar-refractivity contribution in [3.05, 3.63) is 28.2 Å². The van der Waals surface area contributed by atoms with Gasteiger partial charge in [0.15, 0.2) is 0 Å². The lowest BCUT2D eigenvalue weighted by atomic mass is 10.1. The van der Waals surface area contributed by atoms with Gasteiger partial charge in [-0.1, -0.05) is 6.07 Å². The van der Waals surface area contributed by atoms with Crippen LogP contribution in [0.25, 0.3) is 0 Å². The van der Waals surface area contributed by atoms with E-state index in [4.69, 9.17) is 4.74 Å². The summed E-state index contributed by atoms with van der Waals surface area (Å²) in [5, 5.41) is 10.1. The van der Waals surface area contributed by atoms with Gasteiger partial charge in [-0.3, -0.25) is 0 Å². The second-order valence-corrected chi connectivity index (χ2v) is 5.65. The molecule has 1 saturated carbocycles. The Morgan fingerprint density at radius 3 is 2.53 bits per heavy atom. The zero-order chi connectivity index (χ0) is 11.9. The van der Waals surface area contributed by atoms with Crippen LogP contribution in [0.2, 0.25) is 0 Å². The molecule has 3 nitrogen and oxygen atoms in total. The Hall–Kier alpha value is -0.580. The van der Waals surface area contributed by atoms with Gasteiger partial charge in [0, 0.05) is 17.6 Å². The average Bonchev–Trinajstić information content (AvgIpc) is 3.10. The van der Waals surface area contributed by atoms with Gasteiger partial charge in [0.2, 0.25) is 0 Å². The number of anilines is 1. The Balaban J connectivity index is 1.85. The van der Waals surface area contributed by atoms with E-state index in [2.05, 4.69) is 33.0 Å². The van der Waals surface area contributed by atoms with Gasteiger partial charge in [-0.2, -0.15) is 0 Å². The molecule has 17 heavy (non-hydrogen) atoms. The van der Waals surface area contributed by atoms with Gasteiger partial charge >= 0.3 is 0 Å². The standard InChI is InChI=1S/C13H16BrNO2/c14-11-9-10(13(16)3-4-13)1-2-12(11)15-5-7-17-8-6-15/h1-2,9,16H,3-8H2. The van der Waals surface area contributed by atoms with E-state index in [-0.39, 0.29) is 0 Å². The first-order valence-corrected chi connectivity index (χ1v) is 6.83. The molecule has 1 saturated heterocycles. The first-order chi connectivity index (χ1) is 8.19. The summed E-state index contributed by atoms with van der Waals surface area (Å²) < 4.78 is 6.42. The Bertz CT molecular complexity index is 425. The van der Waals surface area contributed by atoms with E-state index in [0.717, 1.165) is 49.2 Å². The highest BCUT2D eigenvalue weighted by Crippen LogP contribution is 2.46. The van der Waals surface area contributed by atoms with Crippen molar-refractivity contribution in [1.82, 2.24) is 0 Å². The van der Waals surface area contributed by atoms with Crippen LogP contribution >= 0.6 is 15.9 Å². The molecule has 0 atom stereocenters. The summed E-state index contributed by atoms with van der Waals surface area (Å²) in [5.41, 5.74) is 1.68. The summed E-state index contributed by atoms with van der Waals surface area (Å²) in [4.78, 5) is 2.31. The molecule has 0 aromatic heterocycles. The lowest BCUT2D eigenvalue weighted by Crippen LogP contribution is -2.36. The van der Waals surface area contributed by atoms with E-state index < -0.39 is 5.60 Å². The van der Waals surface area contributed by atoms with E-state index >= 15 is 0 Å². The Morgan fingerprint density at radius 2 is 1.94 bits per heavy atom. The van der Waals surface area contributed by atoms with Crippen LogP contribution in [0.15, 0.2) is 22.7 Å². The van der Waals surface area contributed by atoms with E-state index in [0.29, 0.717) is 0 Å². The first-order valence-electron chi connectivity index (χ1n) is 6.04. The highest BCUT2D eigenvalue weighted by molar-refractivity contribution is 9.10. The number of aliphatic hydroxyl groups is 1. The van der Waals surface area contributed by atoms with Crippen molar-refractivity contribution in [3.8, 4) is 0 Å². The van der Waals surface area contributed by atoms with Crippen molar-refractivity contribution < 1.29 is 9.84 Å². The maximum atomic E-state index is 10.1. The molecule has 3 rings (SSSR count). The number of rotatable bonds is 2. The lowest BCUT2D eigenvalue weighted by Gasteiger charge is -2.30. The predicted molar refractivity (Wildman–Crippen MR) is 70.3 cm³/mol. The van der Waals surface area contributed by atoms with Crippen LogP contribution in [0, 0.1) is 0 Å². The number of halogens is 1. The summed E-state index contributed by atoms with van der Waals surface area (Å²) in [6.07, 6.45) is 1.77. The van der Waals surface area contributed by atoms with Gasteiger partial charge in [-0.15, -0.1) is 0 Å². The smallest absolute Gasteiger partial charge is 0.0899 e. The van der Waals surface area contributed by atoms with Crippen molar-refractivity contribution in [2.45, 2.75) is 18.4 Å². The largest absolute Gasteiger partial charge is 0.385 e. The fourth-order valence-electron chi connectivity index (χ4n) is 2.26. The molecule has 1 aromatic carbocycles. The third-order valence-electron chi connectivity index (χ3n) is 3.56. The van der Waals surface area contributed by atoms with E-state index in [1.807, 2.05) is 6.07 Å². The van der Waals surface area contributed by atoms with Crippen LogP contribution in [0.3, 0.4) is 0 Å². The van der Waals surface area contributed by atoms with Gasteiger partial charge < -0.3 is 14.7 Å². The SMILES string of the molecule is OC1(c2ccc(N3CCOCC3)c(Br)c2)CC1. The third-order valence-corrected chi connectivity index (χ3v) is 4.20. The number of nitrogens with zero attached hydrogens (tertiary/aromatic N) is 1. The summed E-state index contributed by atoms with van der Waals surface area (Å²) in [6.45, 7) is 3.45. The van der Waals surface area contributed by atoms with Crippen LogP contribution in [0.5, 0.6) is 0 Å². The molecule has 0 radical (unpaired) electrons. The zero-order valence-electron chi connectivity index (χ0n) is 9.66. The molecule has 1 heterocycles. The fraction of sp³-hybridized carbons (Fsp3) is 0.538. The van der Waals surface area contributed by atoms with Gasteiger partial charge in [0.1, 0.15) is 0 Å². The number of ether oxygens (including phenoxy) is 1. The van der Waals surface area contributed by atoms with Crippen molar-refractivity contribution in [2.24, 2.45) is 0 Å². The Morgan fingerprint density at radius 1 is 1.24 bits per heavy atom. The molecule has 4 heteroatoms. The van der Waals surface area contributed by atoms with Crippen molar-refractivity contribution in [1.29, 1.82) is 0 Å². The molecular formula is C13H16BrNO2. The third kappa shape index (κ3) is 2.21. The number of benzene rings is 1. The van der Waals surface area contributed by atoms with Crippen molar-refractivity contribution >= 4 is 21.6 Å². The van der Waals surface area contributed by atoms with E-state index in [1.165, 1.54) is 5.69 Å². The molecule has 0 amide bonds. The molecule has 1 aliphatic carbocycles. The van der Waals surface area contributed by atoms with Crippen LogP contribution in [0.1, 0.15) is 18.4 Å². The second-order valence-electron chi connectivity index (χ2n) is 4.80. The van der Waals surface area contributed by atoms with E-state index in [9.17, 15) is 5.11 Å². The normalized spacial score (nSPS) is 22.6. The van der Waals surface area contributed by atoms with Crippen LogP contribution in [-0.4, -0.2) is 31.4 Å².